The van der Waals surface area contributed by atoms with E-state index in [1.165, 1.54) is 15.8 Å². The van der Waals surface area contributed by atoms with Gasteiger partial charge in [-0.15, -0.1) is 11.3 Å². The third-order valence-electron chi connectivity index (χ3n) is 9.83. The van der Waals surface area contributed by atoms with E-state index < -0.39 is 0 Å². The number of nitrogens with zero attached hydrogens (tertiary/aromatic N) is 3. The van der Waals surface area contributed by atoms with Crippen LogP contribution in [0.4, 0.5) is 0 Å². The molecule has 0 fully saturated rings. The zero-order chi connectivity index (χ0) is 32.1. The highest BCUT2D eigenvalue weighted by molar-refractivity contribution is 7.26. The molecule has 0 unspecified atom stereocenters. The molecule has 0 saturated carbocycles. The van der Waals surface area contributed by atoms with E-state index in [1.807, 2.05) is 12.1 Å². The average molecular weight is 644 g/mol. The maximum Gasteiger partial charge on any atom is 0.235 e. The van der Waals surface area contributed by atoms with Crippen LogP contribution in [-0.2, 0) is 0 Å². The van der Waals surface area contributed by atoms with Gasteiger partial charge in [-0.3, -0.25) is 4.57 Å². The van der Waals surface area contributed by atoms with Crippen molar-refractivity contribution < 1.29 is 4.42 Å². The Morgan fingerprint density at radius 1 is 0.490 bits per heavy atom. The van der Waals surface area contributed by atoms with E-state index in [-0.39, 0.29) is 0 Å². The molecule has 0 N–H and O–H groups in total. The van der Waals surface area contributed by atoms with Crippen LogP contribution in [0.15, 0.2) is 156 Å². The Kier molecular flexibility index (Phi) is 5.51. The molecule has 0 aliphatic heterocycles. The normalized spacial score (nSPS) is 12.1. The summed E-state index contributed by atoms with van der Waals surface area (Å²) in [5.41, 5.74) is 9.31. The second-order valence-electron chi connectivity index (χ2n) is 12.6. The molecule has 7 aromatic carbocycles. The summed E-state index contributed by atoms with van der Waals surface area (Å²) in [6.07, 6.45) is 0. The number of hydrogen-bond donors (Lipinski definition) is 0. The lowest BCUT2D eigenvalue weighted by atomic mass is 10.0. The minimum Gasteiger partial charge on any atom is -0.455 e. The summed E-state index contributed by atoms with van der Waals surface area (Å²) in [6, 6.07) is 53.6. The van der Waals surface area contributed by atoms with E-state index in [0.29, 0.717) is 5.95 Å². The minimum atomic E-state index is 0.661. The molecule has 4 heterocycles. The highest BCUT2D eigenvalue weighted by atomic mass is 32.1. The van der Waals surface area contributed by atoms with Gasteiger partial charge >= 0.3 is 0 Å². The third-order valence-corrected chi connectivity index (χ3v) is 11.0. The first-order chi connectivity index (χ1) is 24.3. The Balaban J connectivity index is 1.20. The van der Waals surface area contributed by atoms with Gasteiger partial charge in [0.1, 0.15) is 11.2 Å². The van der Waals surface area contributed by atoms with Crippen LogP contribution in [0.2, 0.25) is 0 Å². The molecule has 0 aliphatic carbocycles. The van der Waals surface area contributed by atoms with E-state index >= 15 is 0 Å². The number of hydrogen-bond acceptors (Lipinski definition) is 4. The summed E-state index contributed by atoms with van der Waals surface area (Å²) in [4.78, 5) is 10.8. The van der Waals surface area contributed by atoms with E-state index in [4.69, 9.17) is 14.4 Å². The lowest BCUT2D eigenvalue weighted by molar-refractivity contribution is 0.672. The Morgan fingerprint density at radius 3 is 2.08 bits per heavy atom. The average Bonchev–Trinajstić information content (AvgIpc) is 3.84. The van der Waals surface area contributed by atoms with Crippen LogP contribution in [0.5, 0.6) is 0 Å². The number of furan rings is 1. The summed E-state index contributed by atoms with van der Waals surface area (Å²) in [6.45, 7) is 0. The number of para-hydroxylation sites is 2. The lowest BCUT2D eigenvalue weighted by Gasteiger charge is -2.11. The molecule has 0 saturated heterocycles. The van der Waals surface area contributed by atoms with Crippen molar-refractivity contribution in [3.05, 3.63) is 152 Å². The SMILES string of the molecule is c1ccc(-c2ccc(-c3nc(-n4c5ccccc5c5cc6c(ccc7c8ccccc8oc67)cc54)nc4c3sc3ccccc34)cc2)cc1. The number of thiophene rings is 1. The first kappa shape index (κ1) is 26.7. The molecular weight excluding hydrogens is 619 g/mol. The second kappa shape index (κ2) is 10.1. The van der Waals surface area contributed by atoms with Gasteiger partial charge in [-0.1, -0.05) is 115 Å². The molecule has 0 spiro atoms. The molecule has 4 nitrogen and oxygen atoms in total. The van der Waals surface area contributed by atoms with Crippen LogP contribution in [0, 0.1) is 0 Å². The van der Waals surface area contributed by atoms with Crippen LogP contribution in [0.1, 0.15) is 0 Å². The number of rotatable bonds is 3. The standard InChI is InChI=1S/C44H25N3OS/c1-2-10-26(11-3-1)27-18-20-28(21-19-27)40-43-41(33-14-6-9-17-39(33)49-43)46-44(45-40)47-36-15-7-4-12-30(36)35-25-34-29(24-37(35)47)22-23-32-31-13-5-8-16-38(31)48-42(32)34/h1-25H. The fourth-order valence-electron chi connectivity index (χ4n) is 7.51. The van der Waals surface area contributed by atoms with Crippen molar-refractivity contribution in [2.75, 3.05) is 0 Å². The highest BCUT2D eigenvalue weighted by Gasteiger charge is 2.21. The zero-order valence-corrected chi connectivity index (χ0v) is 26.9. The van der Waals surface area contributed by atoms with Crippen molar-refractivity contribution in [3.63, 3.8) is 0 Å². The van der Waals surface area contributed by atoms with Crippen LogP contribution < -0.4 is 0 Å². The molecule has 5 heteroatoms. The maximum absolute atomic E-state index is 6.47. The molecule has 228 valence electrons. The number of aromatic nitrogens is 3. The van der Waals surface area contributed by atoms with Crippen LogP contribution in [-0.4, -0.2) is 14.5 Å². The van der Waals surface area contributed by atoms with Crippen molar-refractivity contribution in [2.24, 2.45) is 0 Å². The summed E-state index contributed by atoms with van der Waals surface area (Å²) in [5, 5.41) is 7.92. The molecule has 0 bridgehead atoms. The topological polar surface area (TPSA) is 43.9 Å². The van der Waals surface area contributed by atoms with E-state index in [9.17, 15) is 0 Å². The van der Waals surface area contributed by atoms with Gasteiger partial charge in [0, 0.05) is 42.6 Å². The van der Waals surface area contributed by atoms with Crippen molar-refractivity contribution in [1.82, 2.24) is 14.5 Å². The van der Waals surface area contributed by atoms with Crippen LogP contribution >= 0.6 is 11.3 Å². The quantitative estimate of drug-likeness (QED) is 0.192. The van der Waals surface area contributed by atoms with Crippen molar-refractivity contribution >= 4 is 86.2 Å². The van der Waals surface area contributed by atoms with Crippen molar-refractivity contribution in [3.8, 4) is 28.3 Å². The first-order valence-corrected chi connectivity index (χ1v) is 17.2. The summed E-state index contributed by atoms with van der Waals surface area (Å²) < 4.78 is 11.0. The molecule has 0 aliphatic rings. The summed E-state index contributed by atoms with van der Waals surface area (Å²) >= 11 is 1.76. The lowest BCUT2D eigenvalue weighted by Crippen LogP contribution is -2.02. The molecule has 11 aromatic rings. The van der Waals surface area contributed by atoms with E-state index in [2.05, 4.69) is 144 Å². The van der Waals surface area contributed by atoms with E-state index in [0.717, 1.165) is 81.4 Å². The fourth-order valence-corrected chi connectivity index (χ4v) is 8.66. The number of benzene rings is 7. The predicted molar refractivity (Wildman–Crippen MR) is 205 cm³/mol. The van der Waals surface area contributed by atoms with Gasteiger partial charge < -0.3 is 4.42 Å². The van der Waals surface area contributed by atoms with Gasteiger partial charge in [-0.05, 0) is 52.9 Å². The smallest absolute Gasteiger partial charge is 0.235 e. The Hall–Kier alpha value is -6.30. The maximum atomic E-state index is 6.47. The molecule has 0 radical (unpaired) electrons. The van der Waals surface area contributed by atoms with E-state index in [1.54, 1.807) is 11.3 Å². The van der Waals surface area contributed by atoms with Crippen LogP contribution in [0.3, 0.4) is 0 Å². The van der Waals surface area contributed by atoms with Gasteiger partial charge in [-0.2, -0.15) is 0 Å². The predicted octanol–water partition coefficient (Wildman–Crippen LogP) is 12.3. The summed E-state index contributed by atoms with van der Waals surface area (Å²) in [5.74, 6) is 0.661. The molecular formula is C44H25N3OS. The Labute approximate surface area is 284 Å². The molecule has 49 heavy (non-hydrogen) atoms. The molecule has 0 atom stereocenters. The second-order valence-corrected chi connectivity index (χ2v) is 13.6. The zero-order valence-electron chi connectivity index (χ0n) is 26.1. The molecule has 11 rings (SSSR count). The fraction of sp³-hybridized carbons (Fsp3) is 0. The van der Waals surface area contributed by atoms with Gasteiger partial charge in [0.15, 0.2) is 0 Å². The third kappa shape index (κ3) is 3.91. The first-order valence-electron chi connectivity index (χ1n) is 16.4. The van der Waals surface area contributed by atoms with Crippen molar-refractivity contribution in [2.45, 2.75) is 0 Å². The number of fused-ring (bicyclic) bond motifs is 11. The summed E-state index contributed by atoms with van der Waals surface area (Å²) in [7, 11) is 0. The van der Waals surface area contributed by atoms with Crippen LogP contribution in [0.25, 0.3) is 103 Å². The van der Waals surface area contributed by atoms with Crippen molar-refractivity contribution in [1.29, 1.82) is 0 Å². The monoisotopic (exact) mass is 643 g/mol. The highest BCUT2D eigenvalue weighted by Crippen LogP contribution is 2.42. The minimum absolute atomic E-state index is 0.661. The molecule has 0 amide bonds. The Bertz CT molecular complexity index is 3100. The van der Waals surface area contributed by atoms with Gasteiger partial charge in [0.2, 0.25) is 5.95 Å². The van der Waals surface area contributed by atoms with Gasteiger partial charge in [0.05, 0.1) is 26.9 Å². The largest absolute Gasteiger partial charge is 0.455 e. The Morgan fingerprint density at radius 2 is 1.20 bits per heavy atom. The van der Waals surface area contributed by atoms with Gasteiger partial charge in [-0.25, -0.2) is 9.97 Å². The molecule has 4 aromatic heterocycles. The van der Waals surface area contributed by atoms with Gasteiger partial charge in [0.25, 0.3) is 0 Å².